The predicted molar refractivity (Wildman–Crippen MR) is 84.6 cm³/mol. The molecule has 23 heavy (non-hydrogen) atoms. The van der Waals surface area contributed by atoms with Crippen molar-refractivity contribution in [2.45, 2.75) is 45.2 Å². The fraction of sp³-hybridized carbons (Fsp3) is 0.529. The van der Waals surface area contributed by atoms with Crippen LogP contribution in [0.1, 0.15) is 39.2 Å². The number of hydrogen-bond donors (Lipinski definition) is 1. The maximum atomic E-state index is 13.7. The molecule has 1 saturated heterocycles. The Morgan fingerprint density at radius 2 is 2.04 bits per heavy atom. The largest absolute Gasteiger partial charge is 0.415 e. The summed E-state index contributed by atoms with van der Waals surface area (Å²) in [6.45, 7) is 7.58. The number of halogens is 1. The van der Waals surface area contributed by atoms with Gasteiger partial charge in [-0.15, -0.1) is 0 Å². The molecule has 0 bridgehead atoms. The van der Waals surface area contributed by atoms with Crippen LogP contribution in [0.15, 0.2) is 18.2 Å². The van der Waals surface area contributed by atoms with Crippen LogP contribution < -0.4 is 10.1 Å². The quantitative estimate of drug-likeness (QED) is 0.910. The van der Waals surface area contributed by atoms with Gasteiger partial charge >= 0.3 is 6.09 Å². The first-order valence-electron chi connectivity index (χ1n) is 7.74. The zero-order valence-corrected chi connectivity index (χ0v) is 13.7. The molecule has 0 saturated carbocycles. The van der Waals surface area contributed by atoms with Crippen LogP contribution >= 0.6 is 0 Å². The average molecular weight is 319 g/mol. The van der Waals surface area contributed by atoms with Crippen LogP contribution in [-0.4, -0.2) is 35.7 Å². The Morgan fingerprint density at radius 1 is 1.39 bits per heavy atom. The summed E-state index contributed by atoms with van der Waals surface area (Å²) in [5, 5.41) is 12.0. The minimum Gasteiger partial charge on any atom is -0.410 e. The smallest absolute Gasteiger partial charge is 0.410 e. The number of benzene rings is 1. The van der Waals surface area contributed by atoms with Gasteiger partial charge in [0.15, 0.2) is 0 Å². The lowest BCUT2D eigenvalue weighted by atomic mass is 9.98. The van der Waals surface area contributed by atoms with Crippen molar-refractivity contribution in [3.63, 3.8) is 0 Å². The molecule has 1 heterocycles. The predicted octanol–water partition coefficient (Wildman–Crippen LogP) is 3.05. The Balaban J connectivity index is 2.17. The molecular weight excluding hydrogens is 297 g/mol. The van der Waals surface area contributed by atoms with Crippen LogP contribution in [0.2, 0.25) is 0 Å². The molecule has 0 radical (unpaired) electrons. The van der Waals surface area contributed by atoms with E-state index < -0.39 is 17.4 Å². The molecule has 1 aliphatic rings. The molecule has 2 rings (SSSR count). The molecule has 0 aromatic heterocycles. The van der Waals surface area contributed by atoms with Gasteiger partial charge in [0.1, 0.15) is 17.6 Å². The second kappa shape index (κ2) is 6.97. The van der Waals surface area contributed by atoms with Crippen molar-refractivity contribution in [1.29, 1.82) is 5.26 Å². The molecule has 0 unspecified atom stereocenters. The van der Waals surface area contributed by atoms with Crippen molar-refractivity contribution in [3.05, 3.63) is 29.6 Å². The van der Waals surface area contributed by atoms with Crippen LogP contribution in [0, 0.1) is 17.1 Å². The van der Waals surface area contributed by atoms with Crippen molar-refractivity contribution < 1.29 is 13.9 Å². The molecule has 6 heteroatoms. The van der Waals surface area contributed by atoms with E-state index in [1.807, 2.05) is 20.8 Å². The topological polar surface area (TPSA) is 65.4 Å². The van der Waals surface area contributed by atoms with Crippen molar-refractivity contribution in [2.75, 3.05) is 13.1 Å². The normalized spacial score (nSPS) is 15.8. The summed E-state index contributed by atoms with van der Waals surface area (Å²) in [7, 11) is 0. The second-order valence-electron chi connectivity index (χ2n) is 6.64. The first-order valence-corrected chi connectivity index (χ1v) is 7.74. The standard InChI is InChI=1S/C17H22FN3O2/c1-17(2,3)21(13-6-8-20-9-7-13)16(22)23-14-5-4-12(11-19)15(18)10-14/h4-5,10,13,20H,6-9H2,1-3H3. The summed E-state index contributed by atoms with van der Waals surface area (Å²) < 4.78 is 19.0. The number of nitrogens with one attached hydrogen (secondary N) is 1. The lowest BCUT2D eigenvalue weighted by molar-refractivity contribution is 0.0644. The first kappa shape index (κ1) is 17.2. The highest BCUT2D eigenvalue weighted by molar-refractivity contribution is 5.72. The van der Waals surface area contributed by atoms with Crippen LogP contribution in [0.3, 0.4) is 0 Å². The van der Waals surface area contributed by atoms with E-state index in [2.05, 4.69) is 5.32 Å². The van der Waals surface area contributed by atoms with Gasteiger partial charge < -0.3 is 10.1 Å². The SMILES string of the molecule is CC(C)(C)N(C(=O)Oc1ccc(C#N)c(F)c1)C1CCNCC1. The molecule has 1 amide bonds. The number of rotatable bonds is 2. The molecule has 124 valence electrons. The summed E-state index contributed by atoms with van der Waals surface area (Å²) in [5.41, 5.74) is -0.472. The molecular formula is C17H22FN3O2. The third-order valence-electron chi connectivity index (χ3n) is 3.86. The first-order chi connectivity index (χ1) is 10.8. The van der Waals surface area contributed by atoms with Gasteiger partial charge in [0.2, 0.25) is 0 Å². The summed E-state index contributed by atoms with van der Waals surface area (Å²) in [4.78, 5) is 14.3. The fourth-order valence-corrected chi connectivity index (χ4v) is 2.84. The lowest BCUT2D eigenvalue weighted by Crippen LogP contribution is -2.55. The summed E-state index contributed by atoms with van der Waals surface area (Å²) in [6, 6.07) is 5.64. The van der Waals surface area contributed by atoms with E-state index in [0.717, 1.165) is 32.0 Å². The fourth-order valence-electron chi connectivity index (χ4n) is 2.84. The van der Waals surface area contributed by atoms with Gasteiger partial charge in [0.25, 0.3) is 0 Å². The molecule has 0 aliphatic carbocycles. The zero-order valence-electron chi connectivity index (χ0n) is 13.7. The number of amides is 1. The molecule has 1 aromatic rings. The van der Waals surface area contributed by atoms with Crippen molar-refractivity contribution >= 4 is 6.09 Å². The third kappa shape index (κ3) is 4.20. The van der Waals surface area contributed by atoms with E-state index in [1.165, 1.54) is 12.1 Å². The van der Waals surface area contributed by atoms with E-state index in [-0.39, 0.29) is 17.4 Å². The summed E-state index contributed by atoms with van der Waals surface area (Å²) >= 11 is 0. The second-order valence-corrected chi connectivity index (χ2v) is 6.64. The maximum Gasteiger partial charge on any atom is 0.415 e. The third-order valence-corrected chi connectivity index (χ3v) is 3.86. The maximum absolute atomic E-state index is 13.7. The molecule has 0 spiro atoms. The summed E-state index contributed by atoms with van der Waals surface area (Å²) in [5.74, 6) is -0.586. The number of ether oxygens (including phenoxy) is 1. The van der Waals surface area contributed by atoms with Gasteiger partial charge in [-0.2, -0.15) is 5.26 Å². The van der Waals surface area contributed by atoms with E-state index >= 15 is 0 Å². The minimum atomic E-state index is -0.693. The molecule has 1 aliphatic heterocycles. The Kier molecular flexibility index (Phi) is 5.22. The van der Waals surface area contributed by atoms with Crippen molar-refractivity contribution in [2.24, 2.45) is 0 Å². The number of piperidine rings is 1. The molecule has 1 fully saturated rings. The molecule has 1 N–H and O–H groups in total. The molecule has 5 nitrogen and oxygen atoms in total. The van der Waals surface area contributed by atoms with Crippen molar-refractivity contribution in [3.8, 4) is 11.8 Å². The Morgan fingerprint density at radius 3 is 2.57 bits per heavy atom. The van der Waals surface area contributed by atoms with E-state index in [1.54, 1.807) is 11.0 Å². The number of nitriles is 1. The van der Waals surface area contributed by atoms with Crippen LogP contribution in [0.5, 0.6) is 5.75 Å². The van der Waals surface area contributed by atoms with E-state index in [0.29, 0.717) is 0 Å². The monoisotopic (exact) mass is 319 g/mol. The number of hydrogen-bond acceptors (Lipinski definition) is 4. The van der Waals surface area contributed by atoms with E-state index in [4.69, 9.17) is 10.00 Å². The molecule has 1 aromatic carbocycles. The van der Waals surface area contributed by atoms with Gasteiger partial charge in [-0.25, -0.2) is 9.18 Å². The number of nitrogens with zero attached hydrogens (tertiary/aromatic N) is 2. The van der Waals surface area contributed by atoms with Crippen molar-refractivity contribution in [1.82, 2.24) is 10.2 Å². The summed E-state index contributed by atoms with van der Waals surface area (Å²) in [6.07, 6.45) is 1.22. The van der Waals surface area contributed by atoms with Crippen LogP contribution in [-0.2, 0) is 0 Å². The highest BCUT2D eigenvalue weighted by Crippen LogP contribution is 2.25. The van der Waals surface area contributed by atoms with Gasteiger partial charge in [0.05, 0.1) is 5.56 Å². The van der Waals surface area contributed by atoms with Gasteiger partial charge in [-0.05, 0) is 58.8 Å². The van der Waals surface area contributed by atoms with Crippen LogP contribution in [0.25, 0.3) is 0 Å². The average Bonchev–Trinajstić information content (AvgIpc) is 2.47. The van der Waals surface area contributed by atoms with Gasteiger partial charge in [-0.1, -0.05) is 0 Å². The minimum absolute atomic E-state index is 0.0733. The number of carbonyl (C=O) groups excluding carboxylic acids is 1. The Bertz CT molecular complexity index is 613. The van der Waals surface area contributed by atoms with Gasteiger partial charge in [0, 0.05) is 17.6 Å². The highest BCUT2D eigenvalue weighted by atomic mass is 19.1. The Labute approximate surface area is 136 Å². The molecule has 0 atom stereocenters. The number of carbonyl (C=O) groups is 1. The van der Waals surface area contributed by atoms with Gasteiger partial charge in [-0.3, -0.25) is 4.90 Å². The lowest BCUT2D eigenvalue weighted by Gasteiger charge is -2.42. The van der Waals surface area contributed by atoms with Crippen LogP contribution in [0.4, 0.5) is 9.18 Å². The highest BCUT2D eigenvalue weighted by Gasteiger charge is 2.35. The van der Waals surface area contributed by atoms with E-state index in [9.17, 15) is 9.18 Å². The zero-order chi connectivity index (χ0) is 17.0. The Hall–Kier alpha value is -2.13.